The topological polar surface area (TPSA) is 78.9 Å². The maximum atomic E-state index is 12.9. The van der Waals surface area contributed by atoms with Crippen molar-refractivity contribution in [1.82, 2.24) is 0 Å². The molecule has 6 nitrogen and oxygen atoms in total. The first-order valence-electron chi connectivity index (χ1n) is 33.9. The normalized spacial score (nSPS) is 12.5. The largest absolute Gasteiger partial charge is 0.462 e. The quantitative estimate of drug-likeness (QED) is 0.0261. The molecule has 0 aromatic heterocycles. The molecule has 0 aromatic carbocycles. The van der Waals surface area contributed by atoms with Crippen molar-refractivity contribution < 1.29 is 28.6 Å². The van der Waals surface area contributed by atoms with Crippen LogP contribution in [0.3, 0.4) is 0 Å². The van der Waals surface area contributed by atoms with Gasteiger partial charge in [0.1, 0.15) is 13.2 Å². The minimum absolute atomic E-state index is 0.0808. The van der Waals surface area contributed by atoms with Crippen LogP contribution in [0.4, 0.5) is 0 Å². The highest BCUT2D eigenvalue weighted by molar-refractivity contribution is 5.71. The summed E-state index contributed by atoms with van der Waals surface area (Å²) in [4.78, 5) is 38.4. The Balaban J connectivity index is 4.31. The Kier molecular flexibility index (Phi) is 63.7. The van der Waals surface area contributed by atoms with E-state index in [2.05, 4.69) is 93.7 Å². The molecule has 0 amide bonds. The minimum atomic E-state index is -0.785. The third-order valence-electron chi connectivity index (χ3n) is 14.9. The third kappa shape index (κ3) is 63.7. The predicted octanol–water partition coefficient (Wildman–Crippen LogP) is 23.3. The van der Waals surface area contributed by atoms with Gasteiger partial charge >= 0.3 is 17.9 Å². The van der Waals surface area contributed by atoms with E-state index in [9.17, 15) is 14.4 Å². The Labute approximate surface area is 484 Å². The van der Waals surface area contributed by atoms with Gasteiger partial charge in [-0.05, 0) is 116 Å². The molecule has 0 fully saturated rings. The second-order valence-corrected chi connectivity index (χ2v) is 22.7. The molecule has 0 heterocycles. The number of rotatable bonds is 62. The van der Waals surface area contributed by atoms with Crippen LogP contribution in [0.5, 0.6) is 0 Å². The average molecular weight is 1090 g/mol. The lowest BCUT2D eigenvalue weighted by molar-refractivity contribution is -0.167. The Morgan fingerprint density at radius 3 is 0.744 bits per heavy atom. The summed E-state index contributed by atoms with van der Waals surface area (Å²) >= 11 is 0. The zero-order valence-electron chi connectivity index (χ0n) is 51.9. The fraction of sp³-hybridized carbons (Fsp3) is 0.792. The van der Waals surface area contributed by atoms with Crippen molar-refractivity contribution in [3.63, 3.8) is 0 Å². The number of carbonyl (C=O) groups excluding carboxylic acids is 3. The molecule has 1 atom stereocenters. The smallest absolute Gasteiger partial charge is 0.306 e. The number of esters is 3. The van der Waals surface area contributed by atoms with Gasteiger partial charge in [0.25, 0.3) is 0 Å². The van der Waals surface area contributed by atoms with E-state index >= 15 is 0 Å². The molecule has 0 saturated heterocycles. The van der Waals surface area contributed by atoms with E-state index in [4.69, 9.17) is 14.2 Å². The molecule has 0 saturated carbocycles. The Bertz CT molecular complexity index is 1440. The monoisotopic (exact) mass is 1090 g/mol. The standard InChI is InChI=1S/C72H128O6/c1-4-7-10-13-16-19-22-25-28-31-32-33-34-35-36-37-38-39-40-42-44-47-50-53-56-59-62-65-71(74)77-68-69(67-76-70(73)64-61-58-55-52-49-46-43-30-27-24-21-18-15-12-9-6-3)78-72(75)66-63-60-57-54-51-48-45-41-29-26-23-20-17-14-11-8-5-2/h21-22,24-26,29-32,34-35,43,69H,4-20,23,27-28,33,36-42,44-68H2,1-3H3/b24-21-,25-22-,29-26-,32-31-,35-34-,43-30-. The van der Waals surface area contributed by atoms with Crippen molar-refractivity contribution in [2.75, 3.05) is 13.2 Å². The van der Waals surface area contributed by atoms with Crippen molar-refractivity contribution >= 4 is 17.9 Å². The number of allylic oxidation sites excluding steroid dienone is 12. The lowest BCUT2D eigenvalue weighted by Crippen LogP contribution is -2.30. The molecular weight excluding hydrogens is 961 g/mol. The summed E-state index contributed by atoms with van der Waals surface area (Å²) < 4.78 is 17.0. The van der Waals surface area contributed by atoms with Gasteiger partial charge < -0.3 is 14.2 Å². The van der Waals surface area contributed by atoms with Gasteiger partial charge in [-0.3, -0.25) is 14.4 Å². The Hall–Kier alpha value is -3.15. The second-order valence-electron chi connectivity index (χ2n) is 22.7. The van der Waals surface area contributed by atoms with Crippen molar-refractivity contribution in [3.8, 4) is 0 Å². The van der Waals surface area contributed by atoms with Crippen LogP contribution < -0.4 is 0 Å². The summed E-state index contributed by atoms with van der Waals surface area (Å²) in [5.74, 6) is -0.884. The van der Waals surface area contributed by atoms with Crippen LogP contribution in [0.1, 0.15) is 348 Å². The molecule has 0 aliphatic rings. The van der Waals surface area contributed by atoms with E-state index in [-0.39, 0.29) is 31.1 Å². The summed E-state index contributed by atoms with van der Waals surface area (Å²) in [5.41, 5.74) is 0. The number of hydrogen-bond acceptors (Lipinski definition) is 6. The second kappa shape index (κ2) is 66.4. The number of hydrogen-bond donors (Lipinski definition) is 0. The molecule has 6 heteroatoms. The lowest BCUT2D eigenvalue weighted by atomic mass is 10.0. The fourth-order valence-corrected chi connectivity index (χ4v) is 9.77. The summed E-state index contributed by atoms with van der Waals surface area (Å²) in [6.07, 6.45) is 86.3. The molecule has 0 rings (SSSR count). The molecule has 0 spiro atoms. The highest BCUT2D eigenvalue weighted by atomic mass is 16.6. The average Bonchev–Trinajstić information content (AvgIpc) is 3.44. The van der Waals surface area contributed by atoms with E-state index in [0.717, 1.165) is 89.9 Å². The van der Waals surface area contributed by atoms with Crippen molar-refractivity contribution in [2.45, 2.75) is 354 Å². The number of ether oxygens (including phenoxy) is 3. The van der Waals surface area contributed by atoms with E-state index in [1.54, 1.807) is 0 Å². The zero-order valence-corrected chi connectivity index (χ0v) is 51.9. The van der Waals surface area contributed by atoms with Crippen LogP contribution in [0.25, 0.3) is 0 Å². The highest BCUT2D eigenvalue weighted by Gasteiger charge is 2.19. The van der Waals surface area contributed by atoms with Crippen LogP contribution in [-0.4, -0.2) is 37.2 Å². The van der Waals surface area contributed by atoms with Gasteiger partial charge in [0, 0.05) is 19.3 Å². The van der Waals surface area contributed by atoms with Crippen LogP contribution in [0, 0.1) is 0 Å². The van der Waals surface area contributed by atoms with Gasteiger partial charge in [-0.1, -0.05) is 286 Å². The van der Waals surface area contributed by atoms with Crippen LogP contribution >= 0.6 is 0 Å². The van der Waals surface area contributed by atoms with Gasteiger partial charge in [-0.15, -0.1) is 0 Å². The number of carbonyl (C=O) groups is 3. The van der Waals surface area contributed by atoms with E-state index < -0.39 is 6.10 Å². The van der Waals surface area contributed by atoms with Gasteiger partial charge in [0.05, 0.1) is 0 Å². The molecule has 1 unspecified atom stereocenters. The molecule has 0 bridgehead atoms. The molecule has 0 N–H and O–H groups in total. The van der Waals surface area contributed by atoms with Crippen molar-refractivity contribution in [2.24, 2.45) is 0 Å². The Morgan fingerprint density at radius 2 is 0.462 bits per heavy atom. The molecule has 0 aliphatic carbocycles. The molecule has 0 aliphatic heterocycles. The molecule has 78 heavy (non-hydrogen) atoms. The van der Waals surface area contributed by atoms with Gasteiger partial charge in [-0.25, -0.2) is 0 Å². The summed E-state index contributed by atoms with van der Waals surface area (Å²) in [6, 6.07) is 0. The molecule has 0 aromatic rings. The van der Waals surface area contributed by atoms with Gasteiger partial charge in [0.2, 0.25) is 0 Å². The van der Waals surface area contributed by atoms with E-state index in [1.165, 1.54) is 218 Å². The number of unbranched alkanes of at least 4 members (excludes halogenated alkanes) is 39. The maximum Gasteiger partial charge on any atom is 0.306 e. The van der Waals surface area contributed by atoms with Crippen LogP contribution in [-0.2, 0) is 28.6 Å². The van der Waals surface area contributed by atoms with Gasteiger partial charge in [-0.2, -0.15) is 0 Å². The van der Waals surface area contributed by atoms with Crippen molar-refractivity contribution in [3.05, 3.63) is 72.9 Å². The maximum absolute atomic E-state index is 12.9. The lowest BCUT2D eigenvalue weighted by Gasteiger charge is -2.18. The first-order chi connectivity index (χ1) is 38.5. The van der Waals surface area contributed by atoms with Crippen LogP contribution in [0.2, 0.25) is 0 Å². The summed E-state index contributed by atoms with van der Waals surface area (Å²) in [5, 5.41) is 0. The molecule has 452 valence electrons. The molecular formula is C72H128O6. The summed E-state index contributed by atoms with van der Waals surface area (Å²) in [7, 11) is 0. The Morgan fingerprint density at radius 1 is 0.256 bits per heavy atom. The van der Waals surface area contributed by atoms with E-state index in [1.807, 2.05) is 0 Å². The minimum Gasteiger partial charge on any atom is -0.462 e. The highest BCUT2D eigenvalue weighted by Crippen LogP contribution is 2.16. The van der Waals surface area contributed by atoms with E-state index in [0.29, 0.717) is 19.3 Å². The van der Waals surface area contributed by atoms with Crippen molar-refractivity contribution in [1.29, 1.82) is 0 Å². The first-order valence-corrected chi connectivity index (χ1v) is 33.9. The third-order valence-corrected chi connectivity index (χ3v) is 14.9. The zero-order chi connectivity index (χ0) is 56.4. The predicted molar refractivity (Wildman–Crippen MR) is 339 cm³/mol. The fourth-order valence-electron chi connectivity index (χ4n) is 9.77. The summed E-state index contributed by atoms with van der Waals surface area (Å²) in [6.45, 7) is 6.63. The van der Waals surface area contributed by atoms with Gasteiger partial charge in [0.15, 0.2) is 6.10 Å². The first kappa shape index (κ1) is 74.8. The van der Waals surface area contributed by atoms with Crippen LogP contribution in [0.15, 0.2) is 72.9 Å². The molecule has 0 radical (unpaired) electrons. The SMILES string of the molecule is CCCCCC/C=C\C/C=C\CCCCCCCC(=O)OCC(COC(=O)CCCCCCCCCCCCCC/C=C\C/C=C\C/C=C\CCCCCCC)OC(=O)CCCCCCCCC/C=C\CCCCCCCC.